The summed E-state index contributed by atoms with van der Waals surface area (Å²) < 4.78 is 5.63. The first-order valence-electron chi connectivity index (χ1n) is 15.1. The Labute approximate surface area is 267 Å². The Bertz CT molecular complexity index is 1630. The molecule has 1 amide bonds. The molecule has 1 heterocycles. The molecule has 4 aromatic rings. The number of rotatable bonds is 12. The van der Waals surface area contributed by atoms with Crippen LogP contribution in [0.15, 0.2) is 83.9 Å². The number of aliphatic imine (C=N–C) groups is 1. The molecule has 1 aromatic heterocycles. The molecule has 3 atom stereocenters. The third kappa shape index (κ3) is 8.95. The number of fused-ring (bicyclic) bond motifs is 1. The van der Waals surface area contributed by atoms with E-state index in [0.29, 0.717) is 22.8 Å². The van der Waals surface area contributed by atoms with E-state index in [9.17, 15) is 9.59 Å². The third-order valence-electron chi connectivity index (χ3n) is 7.63. The Hall–Kier alpha value is -4.64. The minimum atomic E-state index is -0.909. The summed E-state index contributed by atoms with van der Waals surface area (Å²) in [6, 6.07) is 24.1. The van der Waals surface area contributed by atoms with Crippen LogP contribution in [0.5, 0.6) is 0 Å². The molecule has 11 heteroatoms. The average molecular weight is 626 g/mol. The fraction of sp³-hybridized carbons (Fsp3) is 0.324. The Morgan fingerprint density at radius 2 is 1.69 bits per heavy atom. The highest BCUT2D eigenvalue weighted by Gasteiger charge is 2.28. The second-order valence-corrected chi connectivity index (χ2v) is 12.2. The maximum Gasteiger partial charge on any atom is 0.329 e. The van der Waals surface area contributed by atoms with Crippen LogP contribution in [0.1, 0.15) is 53.0 Å². The number of aryl methyl sites for hydroxylation is 1. The van der Waals surface area contributed by atoms with E-state index in [1.165, 1.54) is 11.8 Å². The number of hydrogen-bond acceptors (Lipinski definition) is 8. The van der Waals surface area contributed by atoms with E-state index in [1.54, 1.807) is 0 Å². The summed E-state index contributed by atoms with van der Waals surface area (Å²) in [5.41, 5.74) is 15.1. The molecule has 0 saturated heterocycles. The maximum atomic E-state index is 13.7. The largest absolute Gasteiger partial charge is 0.459 e. The van der Waals surface area contributed by atoms with Gasteiger partial charge >= 0.3 is 5.97 Å². The van der Waals surface area contributed by atoms with Gasteiger partial charge in [0.25, 0.3) is 5.91 Å². The van der Waals surface area contributed by atoms with Gasteiger partial charge in [-0.1, -0.05) is 85.1 Å². The smallest absolute Gasteiger partial charge is 0.329 e. The lowest BCUT2D eigenvalue weighted by molar-refractivity contribution is -0.146. The number of amides is 1. The number of hydrogen-bond donors (Lipinski definition) is 4. The molecule has 45 heavy (non-hydrogen) atoms. The molecule has 0 radical (unpaired) electrons. The zero-order valence-electron chi connectivity index (χ0n) is 25.3. The predicted octanol–water partition coefficient (Wildman–Crippen LogP) is 4.71. The van der Waals surface area contributed by atoms with Gasteiger partial charge in [0.05, 0.1) is 17.6 Å². The van der Waals surface area contributed by atoms with Crippen molar-refractivity contribution in [1.29, 1.82) is 0 Å². The van der Waals surface area contributed by atoms with E-state index in [1.807, 2.05) is 85.8 Å². The van der Waals surface area contributed by atoms with E-state index in [-0.39, 0.29) is 30.5 Å². The summed E-state index contributed by atoms with van der Waals surface area (Å²) >= 11 is 1.54. The Kier molecular flexibility index (Phi) is 10.9. The van der Waals surface area contributed by atoms with E-state index >= 15 is 0 Å². The molecule has 6 N–H and O–H groups in total. The van der Waals surface area contributed by atoms with Gasteiger partial charge in [-0.05, 0) is 43.0 Å². The Morgan fingerprint density at radius 1 is 0.978 bits per heavy atom. The molecule has 0 spiro atoms. The number of carbonyl (C=O) groups excluding carboxylic acids is 2. The van der Waals surface area contributed by atoms with Gasteiger partial charge in [-0.15, -0.1) is 0 Å². The van der Waals surface area contributed by atoms with Crippen molar-refractivity contribution in [3.05, 3.63) is 101 Å². The number of carbonyl (C=O) groups is 2. The summed E-state index contributed by atoms with van der Waals surface area (Å²) in [6.45, 7) is 2.10. The second-order valence-electron chi connectivity index (χ2n) is 11.2. The van der Waals surface area contributed by atoms with Crippen LogP contribution in [0.25, 0.3) is 10.9 Å². The minimum absolute atomic E-state index is 0.0445. The van der Waals surface area contributed by atoms with Gasteiger partial charge in [-0.25, -0.2) is 19.8 Å². The van der Waals surface area contributed by atoms with E-state index in [0.717, 1.165) is 47.8 Å². The van der Waals surface area contributed by atoms with Crippen LogP contribution in [0.2, 0.25) is 0 Å². The van der Waals surface area contributed by atoms with Gasteiger partial charge in [0.2, 0.25) is 5.82 Å². The van der Waals surface area contributed by atoms with Gasteiger partial charge in [-0.2, -0.15) is 11.8 Å². The van der Waals surface area contributed by atoms with Gasteiger partial charge in [0.15, 0.2) is 5.96 Å². The first-order chi connectivity index (χ1) is 21.9. The Balaban J connectivity index is 1.37. The molecule has 1 aliphatic carbocycles. The summed E-state index contributed by atoms with van der Waals surface area (Å²) in [5.74, 6) is 0.436. The number of aromatic nitrogens is 2. The lowest BCUT2D eigenvalue weighted by Crippen LogP contribution is -2.44. The van der Waals surface area contributed by atoms with Crippen LogP contribution in [-0.4, -0.2) is 51.7 Å². The lowest BCUT2D eigenvalue weighted by Gasteiger charge is -2.30. The molecule has 5 rings (SSSR count). The number of esters is 1. The van der Waals surface area contributed by atoms with Gasteiger partial charge < -0.3 is 26.8 Å². The molecular formula is C34H39N7O3S. The van der Waals surface area contributed by atoms with Crippen molar-refractivity contribution < 1.29 is 14.3 Å². The average Bonchev–Trinajstić information content (AvgIpc) is 3.05. The monoisotopic (exact) mass is 625 g/mol. The number of nitrogens with zero attached hydrogens (tertiary/aromatic N) is 3. The molecule has 1 saturated carbocycles. The molecule has 0 aliphatic heterocycles. The number of benzene rings is 3. The lowest BCUT2D eigenvalue weighted by atomic mass is 9.90. The summed E-state index contributed by atoms with van der Waals surface area (Å²) in [4.78, 5) is 40.7. The first kappa shape index (κ1) is 31.8. The predicted molar refractivity (Wildman–Crippen MR) is 180 cm³/mol. The second kappa shape index (κ2) is 15.4. The number of guanidine groups is 1. The van der Waals surface area contributed by atoms with Crippen molar-refractivity contribution in [3.63, 3.8) is 0 Å². The molecular weight excluding hydrogens is 586 g/mol. The van der Waals surface area contributed by atoms with Gasteiger partial charge in [0.1, 0.15) is 18.5 Å². The zero-order chi connectivity index (χ0) is 31.6. The van der Waals surface area contributed by atoms with E-state index in [4.69, 9.17) is 16.2 Å². The number of nitrogens with two attached hydrogens (primary N) is 2. The summed E-state index contributed by atoms with van der Waals surface area (Å²) in [6.07, 6.45) is 3.75. The number of thioether (sulfide) groups is 1. The first-order valence-corrected chi connectivity index (χ1v) is 16.3. The van der Waals surface area contributed by atoms with Crippen LogP contribution in [0, 0.1) is 6.92 Å². The van der Waals surface area contributed by atoms with E-state index < -0.39 is 17.9 Å². The zero-order valence-corrected chi connectivity index (χ0v) is 26.1. The van der Waals surface area contributed by atoms with Crippen LogP contribution in [0.4, 0.5) is 5.82 Å². The molecule has 3 unspecified atom stereocenters. The quantitative estimate of drug-likeness (QED) is 0.0994. The number of ether oxygens (including phenoxy) is 1. The normalized spacial score (nSPS) is 16.8. The van der Waals surface area contributed by atoms with Crippen molar-refractivity contribution in [2.45, 2.75) is 63.1 Å². The van der Waals surface area contributed by atoms with Crippen molar-refractivity contribution in [2.24, 2.45) is 16.5 Å². The van der Waals surface area contributed by atoms with Crippen LogP contribution in [-0.2, 0) is 21.9 Å². The molecule has 1 aliphatic rings. The highest BCUT2D eigenvalue weighted by atomic mass is 32.2. The van der Waals surface area contributed by atoms with E-state index in [2.05, 4.69) is 25.6 Å². The SMILES string of the molecule is Cc1ccc2nc(C(=O)NC(CSCc3ccccc3)C(=O)OCc3ccccc3)nc(NC3CCCCC3N=C(N)N)c2c1. The van der Waals surface area contributed by atoms with Gasteiger partial charge in [0, 0.05) is 16.9 Å². The van der Waals surface area contributed by atoms with Crippen molar-refractivity contribution in [2.75, 3.05) is 11.1 Å². The topological polar surface area (TPSA) is 158 Å². The standard InChI is InChI=1S/C34H39N7O3S/c1-22-16-17-26-25(18-22)30(38-27-14-8-9-15-28(27)40-34(35)36)41-31(37-26)32(42)39-29(21-45-20-24-12-6-3-7-13-24)33(43)44-19-23-10-4-2-5-11-23/h2-7,10-13,16-18,27-29H,8-9,14-15,19-21H2,1H3,(H,39,42)(H4,35,36,40)(H,37,38,41). The molecule has 1 fully saturated rings. The fourth-order valence-corrected chi connectivity index (χ4v) is 6.35. The Morgan fingerprint density at radius 3 is 2.42 bits per heavy atom. The van der Waals surface area contributed by atoms with Crippen LogP contribution in [0.3, 0.4) is 0 Å². The number of anilines is 1. The summed E-state index contributed by atoms with van der Waals surface area (Å²) in [7, 11) is 0. The highest BCUT2D eigenvalue weighted by Crippen LogP contribution is 2.28. The molecule has 10 nitrogen and oxygen atoms in total. The molecule has 0 bridgehead atoms. The fourth-order valence-electron chi connectivity index (χ4n) is 5.34. The summed E-state index contributed by atoms with van der Waals surface area (Å²) in [5, 5.41) is 7.17. The van der Waals surface area contributed by atoms with Gasteiger partial charge in [-0.3, -0.25) is 4.79 Å². The molecule has 3 aromatic carbocycles. The third-order valence-corrected chi connectivity index (χ3v) is 8.74. The minimum Gasteiger partial charge on any atom is -0.459 e. The molecule has 234 valence electrons. The number of nitrogens with one attached hydrogen (secondary N) is 2. The maximum absolute atomic E-state index is 13.7. The van der Waals surface area contributed by atoms with Crippen molar-refractivity contribution >= 4 is 46.3 Å². The van der Waals surface area contributed by atoms with Crippen LogP contribution >= 0.6 is 11.8 Å². The van der Waals surface area contributed by atoms with Crippen LogP contribution < -0.4 is 22.1 Å². The highest BCUT2D eigenvalue weighted by molar-refractivity contribution is 7.98. The van der Waals surface area contributed by atoms with Crippen molar-refractivity contribution in [1.82, 2.24) is 15.3 Å². The van der Waals surface area contributed by atoms with Crippen molar-refractivity contribution in [3.8, 4) is 0 Å².